The molecule has 5 heteroatoms. The smallest absolute Gasteiger partial charge is 0.144 e. The van der Waals surface area contributed by atoms with Crippen LogP contribution in [0.5, 0.6) is 0 Å². The van der Waals surface area contributed by atoms with Crippen molar-refractivity contribution in [3.63, 3.8) is 0 Å². The van der Waals surface area contributed by atoms with Crippen LogP contribution in [0.15, 0.2) is 5.16 Å². The lowest BCUT2D eigenvalue weighted by Gasteiger charge is -2.22. The molecule has 0 amide bonds. The highest BCUT2D eigenvalue weighted by molar-refractivity contribution is 5.82. The van der Waals surface area contributed by atoms with Crippen LogP contribution in [0.25, 0.3) is 0 Å². The number of oxime groups is 1. The molecule has 1 unspecified atom stereocenters. The quantitative estimate of drug-likeness (QED) is 0.476. The topological polar surface area (TPSA) is 74.1 Å². The highest BCUT2D eigenvalue weighted by atomic mass is 16.6. The van der Waals surface area contributed by atoms with E-state index in [9.17, 15) is 10.2 Å². The van der Waals surface area contributed by atoms with E-state index in [1.54, 1.807) is 20.8 Å². The fourth-order valence-corrected chi connectivity index (χ4v) is 1.37. The highest BCUT2D eigenvalue weighted by Crippen LogP contribution is 2.08. The summed E-state index contributed by atoms with van der Waals surface area (Å²) in [7, 11) is 0. The molecule has 108 valence electrons. The normalized spacial score (nSPS) is 15.7. The second-order valence-corrected chi connectivity index (χ2v) is 6.40. The number of aliphatic hydroxyl groups is 2. The SMILES string of the molecule is C/C(CC(C)(C)O)=N\OCC(O)CNC(C)(C)C. The molecule has 0 fully saturated rings. The number of nitrogens with zero attached hydrogens (tertiary/aromatic N) is 1. The van der Waals surface area contributed by atoms with Gasteiger partial charge in [0.1, 0.15) is 12.7 Å². The van der Waals surface area contributed by atoms with Gasteiger partial charge in [0.15, 0.2) is 0 Å². The number of rotatable bonds is 7. The summed E-state index contributed by atoms with van der Waals surface area (Å²) in [6, 6.07) is 0. The molecule has 5 nitrogen and oxygen atoms in total. The molecule has 0 aliphatic heterocycles. The van der Waals surface area contributed by atoms with Gasteiger partial charge in [-0.25, -0.2) is 0 Å². The summed E-state index contributed by atoms with van der Waals surface area (Å²) >= 11 is 0. The van der Waals surface area contributed by atoms with Gasteiger partial charge in [-0.05, 0) is 41.5 Å². The van der Waals surface area contributed by atoms with Crippen molar-refractivity contribution >= 4 is 5.71 Å². The number of hydrogen-bond acceptors (Lipinski definition) is 5. The predicted octanol–water partition coefficient (Wildman–Crippen LogP) is 1.29. The van der Waals surface area contributed by atoms with Crippen LogP contribution in [-0.4, -0.2) is 46.3 Å². The van der Waals surface area contributed by atoms with Gasteiger partial charge in [0.05, 0.1) is 11.3 Å². The van der Waals surface area contributed by atoms with Crippen LogP contribution >= 0.6 is 0 Å². The molecule has 0 aromatic heterocycles. The van der Waals surface area contributed by atoms with Crippen molar-refractivity contribution in [3.05, 3.63) is 0 Å². The monoisotopic (exact) mass is 260 g/mol. The molecule has 0 bridgehead atoms. The van der Waals surface area contributed by atoms with E-state index in [4.69, 9.17) is 4.84 Å². The van der Waals surface area contributed by atoms with Gasteiger partial charge in [-0.2, -0.15) is 0 Å². The van der Waals surface area contributed by atoms with Gasteiger partial charge in [-0.15, -0.1) is 0 Å². The van der Waals surface area contributed by atoms with Crippen molar-refractivity contribution in [2.45, 2.75) is 65.2 Å². The molecular weight excluding hydrogens is 232 g/mol. The molecule has 0 spiro atoms. The van der Waals surface area contributed by atoms with E-state index in [0.29, 0.717) is 18.7 Å². The zero-order chi connectivity index (χ0) is 14.4. The standard InChI is InChI=1S/C13H28N2O3/c1-10(7-13(5,6)17)15-18-9-11(16)8-14-12(2,3)4/h11,14,16-17H,7-9H2,1-6H3/b15-10+. The zero-order valence-corrected chi connectivity index (χ0v) is 12.4. The van der Waals surface area contributed by atoms with Gasteiger partial charge in [-0.1, -0.05) is 5.16 Å². The molecule has 0 aliphatic carbocycles. The number of aliphatic hydroxyl groups excluding tert-OH is 1. The fraction of sp³-hybridized carbons (Fsp3) is 0.923. The Morgan fingerprint density at radius 3 is 2.28 bits per heavy atom. The van der Waals surface area contributed by atoms with E-state index in [0.717, 1.165) is 0 Å². The minimum atomic E-state index is -0.788. The maximum Gasteiger partial charge on any atom is 0.144 e. The minimum Gasteiger partial charge on any atom is -0.393 e. The van der Waals surface area contributed by atoms with E-state index in [1.165, 1.54) is 0 Å². The molecule has 0 aliphatic rings. The Morgan fingerprint density at radius 2 is 1.83 bits per heavy atom. The van der Waals surface area contributed by atoms with Crippen molar-refractivity contribution in [1.29, 1.82) is 0 Å². The van der Waals surface area contributed by atoms with Crippen LogP contribution in [0.1, 0.15) is 48.0 Å². The minimum absolute atomic E-state index is 0.0267. The summed E-state index contributed by atoms with van der Waals surface area (Å²) in [6.45, 7) is 11.9. The van der Waals surface area contributed by atoms with Gasteiger partial charge in [-0.3, -0.25) is 0 Å². The average Bonchev–Trinajstić information content (AvgIpc) is 2.10. The van der Waals surface area contributed by atoms with Crippen LogP contribution in [0.4, 0.5) is 0 Å². The third kappa shape index (κ3) is 11.8. The van der Waals surface area contributed by atoms with Gasteiger partial charge in [0.25, 0.3) is 0 Å². The van der Waals surface area contributed by atoms with Gasteiger partial charge < -0.3 is 20.4 Å². The Hall–Kier alpha value is -0.650. The predicted molar refractivity (Wildman–Crippen MR) is 73.7 cm³/mol. The van der Waals surface area contributed by atoms with E-state index in [1.807, 2.05) is 20.8 Å². The largest absolute Gasteiger partial charge is 0.393 e. The molecule has 0 saturated carbocycles. The van der Waals surface area contributed by atoms with E-state index in [-0.39, 0.29) is 12.1 Å². The Balaban J connectivity index is 3.86. The summed E-state index contributed by atoms with van der Waals surface area (Å²) in [5.74, 6) is 0. The second kappa shape index (κ2) is 7.07. The van der Waals surface area contributed by atoms with Gasteiger partial charge in [0, 0.05) is 18.5 Å². The third-order valence-corrected chi connectivity index (χ3v) is 2.04. The summed E-state index contributed by atoms with van der Waals surface area (Å²) in [4.78, 5) is 5.06. The average molecular weight is 260 g/mol. The lowest BCUT2D eigenvalue weighted by Crippen LogP contribution is -2.42. The van der Waals surface area contributed by atoms with Crippen molar-refractivity contribution in [2.75, 3.05) is 13.2 Å². The van der Waals surface area contributed by atoms with Crippen molar-refractivity contribution < 1.29 is 15.1 Å². The Morgan fingerprint density at radius 1 is 1.28 bits per heavy atom. The first kappa shape index (κ1) is 17.4. The summed E-state index contributed by atoms with van der Waals surface area (Å²) in [6.07, 6.45) is -0.147. The van der Waals surface area contributed by atoms with Crippen molar-refractivity contribution in [2.24, 2.45) is 5.16 Å². The summed E-state index contributed by atoms with van der Waals surface area (Å²) in [5.41, 5.74) is -0.108. The Kier molecular flexibility index (Phi) is 6.81. The van der Waals surface area contributed by atoms with Gasteiger partial charge >= 0.3 is 0 Å². The molecule has 1 atom stereocenters. The van der Waals surface area contributed by atoms with E-state index >= 15 is 0 Å². The van der Waals surface area contributed by atoms with Crippen LogP contribution in [0.2, 0.25) is 0 Å². The van der Waals surface area contributed by atoms with Crippen LogP contribution in [0, 0.1) is 0 Å². The molecular formula is C13H28N2O3. The number of β-amino-alcohol motifs (C(OH)–C–C–N with tert-alkyl or cyclic N) is 1. The van der Waals surface area contributed by atoms with Crippen LogP contribution in [-0.2, 0) is 4.84 Å². The molecule has 0 aromatic carbocycles. The van der Waals surface area contributed by atoms with E-state index < -0.39 is 11.7 Å². The highest BCUT2D eigenvalue weighted by Gasteiger charge is 2.15. The molecule has 0 radical (unpaired) electrons. The Labute approximate surface area is 110 Å². The summed E-state index contributed by atoms with van der Waals surface area (Å²) < 4.78 is 0. The lowest BCUT2D eigenvalue weighted by atomic mass is 10.0. The second-order valence-electron chi connectivity index (χ2n) is 6.40. The molecule has 0 rings (SSSR count). The first-order valence-corrected chi connectivity index (χ1v) is 6.30. The maximum absolute atomic E-state index is 9.65. The number of nitrogens with one attached hydrogen (secondary N) is 1. The molecule has 3 N–H and O–H groups in total. The number of hydrogen-bond donors (Lipinski definition) is 3. The zero-order valence-electron chi connectivity index (χ0n) is 12.4. The molecule has 0 heterocycles. The van der Waals surface area contributed by atoms with Crippen LogP contribution < -0.4 is 5.32 Å². The lowest BCUT2D eigenvalue weighted by molar-refractivity contribution is 0.0353. The van der Waals surface area contributed by atoms with Crippen LogP contribution in [0.3, 0.4) is 0 Å². The first-order valence-electron chi connectivity index (χ1n) is 6.30. The summed E-state index contributed by atoms with van der Waals surface area (Å²) in [5, 5.41) is 26.3. The molecule has 0 saturated heterocycles. The van der Waals surface area contributed by atoms with Crippen molar-refractivity contribution in [3.8, 4) is 0 Å². The molecule has 18 heavy (non-hydrogen) atoms. The van der Waals surface area contributed by atoms with Crippen molar-refractivity contribution in [1.82, 2.24) is 5.32 Å². The van der Waals surface area contributed by atoms with E-state index in [2.05, 4.69) is 10.5 Å². The first-order chi connectivity index (χ1) is 7.99. The Bertz CT molecular complexity index is 264. The molecule has 0 aromatic rings. The maximum atomic E-state index is 9.65. The fourth-order valence-electron chi connectivity index (χ4n) is 1.37. The van der Waals surface area contributed by atoms with Gasteiger partial charge in [0.2, 0.25) is 0 Å². The third-order valence-electron chi connectivity index (χ3n) is 2.04.